The van der Waals surface area contributed by atoms with Crippen LogP contribution in [0.3, 0.4) is 0 Å². The number of furan rings is 1. The number of imidazole rings is 1. The molecule has 0 spiro atoms. The van der Waals surface area contributed by atoms with E-state index in [0.717, 1.165) is 45.7 Å². The normalized spacial score (nSPS) is 11.8. The maximum absolute atomic E-state index is 5.98. The number of benzene rings is 2. The van der Waals surface area contributed by atoms with Crippen molar-refractivity contribution in [1.29, 1.82) is 0 Å². The summed E-state index contributed by atoms with van der Waals surface area (Å²) in [6.45, 7) is 0. The number of nitrogens with one attached hydrogen (secondary N) is 1. The Morgan fingerprint density at radius 3 is 2.83 bits per heavy atom. The molecular formula is C24H18N4O. The van der Waals surface area contributed by atoms with E-state index in [2.05, 4.69) is 58.1 Å². The Morgan fingerprint density at radius 1 is 1.03 bits per heavy atom. The number of hydrogen-bond acceptors (Lipinski definition) is 3. The van der Waals surface area contributed by atoms with Crippen molar-refractivity contribution in [1.82, 2.24) is 19.5 Å². The number of hydrogen-bond donors (Lipinski definition) is 1. The molecule has 6 aromatic rings. The smallest absolute Gasteiger partial charge is 0.177 e. The molecule has 0 atom stereocenters. The molecule has 4 aromatic heterocycles. The highest BCUT2D eigenvalue weighted by molar-refractivity contribution is 5.86. The van der Waals surface area contributed by atoms with Crippen molar-refractivity contribution < 1.29 is 4.42 Å². The van der Waals surface area contributed by atoms with Gasteiger partial charge in [-0.25, -0.2) is 9.97 Å². The SMILES string of the molecule is Cn1cc(Cc2nc3ncc(-c4cc5ccccc5o4)cc3[nH]2)c2ccccc21. The first-order valence-corrected chi connectivity index (χ1v) is 9.61. The van der Waals surface area contributed by atoms with Gasteiger partial charge in [-0.05, 0) is 29.8 Å². The molecule has 2 aromatic carbocycles. The van der Waals surface area contributed by atoms with E-state index in [-0.39, 0.29) is 0 Å². The van der Waals surface area contributed by atoms with Gasteiger partial charge >= 0.3 is 0 Å². The third-order valence-electron chi connectivity index (χ3n) is 5.43. The van der Waals surface area contributed by atoms with E-state index in [1.807, 2.05) is 36.5 Å². The molecule has 29 heavy (non-hydrogen) atoms. The topological polar surface area (TPSA) is 59.6 Å². The second-order valence-corrected chi connectivity index (χ2v) is 7.39. The number of nitrogens with zero attached hydrogens (tertiary/aromatic N) is 3. The fourth-order valence-corrected chi connectivity index (χ4v) is 4.04. The monoisotopic (exact) mass is 378 g/mol. The number of para-hydroxylation sites is 2. The van der Waals surface area contributed by atoms with Gasteiger partial charge < -0.3 is 14.0 Å². The van der Waals surface area contributed by atoms with Crippen LogP contribution < -0.4 is 0 Å². The van der Waals surface area contributed by atoms with E-state index in [9.17, 15) is 0 Å². The Hall–Kier alpha value is -3.86. The summed E-state index contributed by atoms with van der Waals surface area (Å²) in [5.74, 6) is 1.72. The predicted molar refractivity (Wildman–Crippen MR) is 115 cm³/mol. The molecule has 0 unspecified atom stereocenters. The maximum Gasteiger partial charge on any atom is 0.177 e. The zero-order valence-corrected chi connectivity index (χ0v) is 15.9. The van der Waals surface area contributed by atoms with E-state index in [1.165, 1.54) is 16.5 Å². The summed E-state index contributed by atoms with van der Waals surface area (Å²) in [5.41, 5.74) is 5.93. The lowest BCUT2D eigenvalue weighted by molar-refractivity contribution is 0.631. The average molecular weight is 378 g/mol. The Morgan fingerprint density at radius 2 is 1.90 bits per heavy atom. The van der Waals surface area contributed by atoms with Gasteiger partial charge in [0, 0.05) is 47.7 Å². The van der Waals surface area contributed by atoms with Crippen LogP contribution >= 0.6 is 0 Å². The molecule has 0 aliphatic carbocycles. The highest BCUT2D eigenvalue weighted by Gasteiger charge is 2.12. The van der Waals surface area contributed by atoms with E-state index in [1.54, 1.807) is 0 Å². The number of aryl methyl sites for hydroxylation is 1. The van der Waals surface area contributed by atoms with Crippen molar-refractivity contribution in [2.45, 2.75) is 6.42 Å². The Balaban J connectivity index is 1.38. The number of pyridine rings is 1. The summed E-state index contributed by atoms with van der Waals surface area (Å²) >= 11 is 0. The second-order valence-electron chi connectivity index (χ2n) is 7.39. The molecule has 0 aliphatic rings. The molecule has 1 N–H and O–H groups in total. The van der Waals surface area contributed by atoms with Crippen LogP contribution in [0, 0.1) is 0 Å². The molecule has 0 radical (unpaired) electrons. The van der Waals surface area contributed by atoms with Gasteiger partial charge in [-0.3, -0.25) is 0 Å². The zero-order chi connectivity index (χ0) is 19.4. The van der Waals surface area contributed by atoms with Gasteiger partial charge in [-0.1, -0.05) is 36.4 Å². The number of H-pyrrole nitrogens is 1. The Bertz CT molecular complexity index is 1470. The van der Waals surface area contributed by atoms with Crippen LogP contribution in [0.2, 0.25) is 0 Å². The van der Waals surface area contributed by atoms with Crippen LogP contribution in [0.5, 0.6) is 0 Å². The van der Waals surface area contributed by atoms with Crippen LogP contribution in [-0.4, -0.2) is 19.5 Å². The van der Waals surface area contributed by atoms with Gasteiger partial charge in [0.2, 0.25) is 0 Å². The molecule has 6 rings (SSSR count). The lowest BCUT2D eigenvalue weighted by Crippen LogP contribution is -1.89. The first-order chi connectivity index (χ1) is 14.2. The minimum atomic E-state index is 0.722. The quantitative estimate of drug-likeness (QED) is 0.445. The summed E-state index contributed by atoms with van der Waals surface area (Å²) in [5, 5.41) is 2.34. The molecule has 0 saturated heterocycles. The molecule has 140 valence electrons. The maximum atomic E-state index is 5.98. The van der Waals surface area contributed by atoms with E-state index >= 15 is 0 Å². The lowest BCUT2D eigenvalue weighted by atomic mass is 10.1. The van der Waals surface area contributed by atoms with Crippen molar-refractivity contribution in [3.05, 3.63) is 84.4 Å². The van der Waals surface area contributed by atoms with E-state index in [0.29, 0.717) is 0 Å². The number of fused-ring (bicyclic) bond motifs is 3. The number of rotatable bonds is 3. The largest absolute Gasteiger partial charge is 0.456 e. The highest BCUT2D eigenvalue weighted by Crippen LogP contribution is 2.29. The van der Waals surface area contributed by atoms with Crippen molar-refractivity contribution in [3.63, 3.8) is 0 Å². The lowest BCUT2D eigenvalue weighted by Gasteiger charge is -1.96. The molecule has 0 fully saturated rings. The summed E-state index contributed by atoms with van der Waals surface area (Å²) < 4.78 is 8.14. The van der Waals surface area contributed by atoms with Gasteiger partial charge in [-0.2, -0.15) is 0 Å². The fraction of sp³-hybridized carbons (Fsp3) is 0.0833. The Labute approximate surface area is 166 Å². The average Bonchev–Trinajstić information content (AvgIpc) is 3.43. The molecule has 4 heterocycles. The van der Waals surface area contributed by atoms with E-state index in [4.69, 9.17) is 9.40 Å². The van der Waals surface area contributed by atoms with Crippen LogP contribution in [0.15, 0.2) is 77.5 Å². The summed E-state index contributed by atoms with van der Waals surface area (Å²) in [6.07, 6.45) is 4.73. The van der Waals surface area contributed by atoms with E-state index < -0.39 is 0 Å². The standard InChI is InChI=1S/C24H18N4O/c1-28-14-17(18-7-3-4-8-20(18)28)12-23-26-19-10-16(13-25-24(19)27-23)22-11-15-6-2-5-9-21(15)29-22/h2-11,13-14H,12H2,1H3,(H,25,26,27). The van der Waals surface area contributed by atoms with Crippen molar-refractivity contribution in [2.24, 2.45) is 7.05 Å². The first-order valence-electron chi connectivity index (χ1n) is 9.61. The molecule has 0 saturated carbocycles. The van der Waals surface area contributed by atoms with Crippen molar-refractivity contribution in [3.8, 4) is 11.3 Å². The Kier molecular flexibility index (Phi) is 3.38. The summed E-state index contributed by atoms with van der Waals surface area (Å²) in [6, 6.07) is 20.6. The third kappa shape index (κ3) is 2.63. The summed E-state index contributed by atoms with van der Waals surface area (Å²) in [7, 11) is 2.08. The zero-order valence-electron chi connectivity index (χ0n) is 15.9. The molecule has 5 heteroatoms. The van der Waals surface area contributed by atoms with Crippen molar-refractivity contribution in [2.75, 3.05) is 0 Å². The van der Waals surface area contributed by atoms with Gasteiger partial charge in [0.1, 0.15) is 17.2 Å². The fourth-order valence-electron chi connectivity index (χ4n) is 4.04. The van der Waals surface area contributed by atoms with Crippen LogP contribution in [0.4, 0.5) is 0 Å². The molecule has 0 bridgehead atoms. The third-order valence-corrected chi connectivity index (χ3v) is 5.43. The minimum Gasteiger partial charge on any atom is -0.456 e. The predicted octanol–water partition coefficient (Wildman–Crippen LogP) is 5.45. The van der Waals surface area contributed by atoms with Crippen LogP contribution in [0.25, 0.3) is 44.4 Å². The molecular weight excluding hydrogens is 360 g/mol. The summed E-state index contributed by atoms with van der Waals surface area (Å²) in [4.78, 5) is 12.7. The highest BCUT2D eigenvalue weighted by atomic mass is 16.3. The van der Waals surface area contributed by atoms with Gasteiger partial charge in [0.15, 0.2) is 5.65 Å². The van der Waals surface area contributed by atoms with Crippen molar-refractivity contribution >= 4 is 33.0 Å². The minimum absolute atomic E-state index is 0.722. The second kappa shape index (κ2) is 6.07. The number of aromatic amines is 1. The van der Waals surface area contributed by atoms with Gasteiger partial charge in [0.05, 0.1) is 5.52 Å². The van der Waals surface area contributed by atoms with Gasteiger partial charge in [-0.15, -0.1) is 0 Å². The first kappa shape index (κ1) is 16.1. The molecule has 0 amide bonds. The molecule has 0 aliphatic heterocycles. The molecule has 5 nitrogen and oxygen atoms in total. The van der Waals surface area contributed by atoms with Crippen LogP contribution in [-0.2, 0) is 13.5 Å². The van der Waals surface area contributed by atoms with Crippen LogP contribution in [0.1, 0.15) is 11.4 Å². The number of aromatic nitrogens is 4. The van der Waals surface area contributed by atoms with Gasteiger partial charge in [0.25, 0.3) is 0 Å².